The maximum absolute atomic E-state index is 14.0. The fourth-order valence-electron chi connectivity index (χ4n) is 11.8. The van der Waals surface area contributed by atoms with E-state index in [0.29, 0.717) is 139 Å². The highest BCUT2D eigenvalue weighted by Gasteiger charge is 2.27. The predicted octanol–water partition coefficient (Wildman–Crippen LogP) is 4.93. The van der Waals surface area contributed by atoms with Crippen LogP contribution in [0.5, 0.6) is 34.5 Å². The Hall–Kier alpha value is -8.16. The number of benzene rings is 3. The topological polar surface area (TPSA) is 393 Å². The second kappa shape index (κ2) is 33.1. The number of nitrogens with one attached hydrogen (secondary N) is 1. The molecule has 6 aromatic heterocycles. The summed E-state index contributed by atoms with van der Waals surface area (Å²) in [6.45, 7) is 7.26. The van der Waals surface area contributed by atoms with Gasteiger partial charge >= 0.3 is 28.5 Å². The molecule has 536 valence electrons. The number of rotatable bonds is 13. The van der Waals surface area contributed by atoms with Gasteiger partial charge in [-0.2, -0.15) is 51.5 Å². The largest absolute Gasteiger partial charge is 0.454 e. The van der Waals surface area contributed by atoms with Crippen LogP contribution in [0.4, 0.5) is 30.6 Å². The zero-order valence-corrected chi connectivity index (χ0v) is 61.6. The number of hydrogen-bond donors (Lipinski definition) is 7. The summed E-state index contributed by atoms with van der Waals surface area (Å²) in [5.74, 6) is 21.1. The van der Waals surface area contributed by atoms with Crippen molar-refractivity contribution in [1.29, 1.82) is 0 Å². The van der Waals surface area contributed by atoms with Crippen LogP contribution in [-0.2, 0) is 53.4 Å². The van der Waals surface area contributed by atoms with Gasteiger partial charge in [0.2, 0.25) is 20.4 Å². The standard InChI is InChI=1S/C22H23FIN7O5S.C22H22FIN6O3.C16H11FIN5O2.C5H11NO/c23-22-28-20(25)19-21(29-22)31(6-2-1-5-30-7-3-14(4-8-30)36-37(26,32)33)18(27-19)10-13-9-16-17(11-15(13)24)35-12-34-16;23-22-27-20(25)19-21(28-22)30(6-2-1-5-29-7-3-14(31)4-8-29)18(26-19)10-13-9-16-17(11-15(13)24)33-12-32-16;1-2-3-23-12(20-13-14(19)21-16(17)22-15(13)23)5-8-4-10-11(6-9(8)18)25-7-24-10;7-5-1-3-6-4-2-5/h9,11,14H,3-8,10,12H2,(H2,25,28,29)(H2,26,32,33);9,11,14,31H,3-8,10,12H2,(H2,25,27,28);1,4,6H,3,5,7H2,(H2,19,21,22);5-7H,1-4H2. The summed E-state index contributed by atoms with van der Waals surface area (Å²) in [5.41, 5.74) is 22.4. The van der Waals surface area contributed by atoms with Crippen LogP contribution >= 0.6 is 67.8 Å². The monoisotopic (exact) mass is 1760 g/mol. The quantitative estimate of drug-likeness (QED) is 0.0457. The van der Waals surface area contributed by atoms with Gasteiger partial charge in [0.1, 0.15) is 17.5 Å². The number of imidazole rings is 3. The highest BCUT2D eigenvalue weighted by molar-refractivity contribution is 14.1. The molecule has 3 saturated heterocycles. The fourth-order valence-corrected chi connectivity index (χ4v) is 14.2. The number of hydrogen-bond acceptors (Lipinski definition) is 26. The summed E-state index contributed by atoms with van der Waals surface area (Å²) in [6, 6.07) is 11.5. The number of likely N-dealkylation sites (tertiary alicyclic amines) is 2. The Bertz CT molecular complexity index is 4910. The molecule has 6 aliphatic heterocycles. The molecule has 12 heterocycles. The van der Waals surface area contributed by atoms with Crippen molar-refractivity contribution >= 4 is 129 Å². The molecule has 0 spiro atoms. The minimum Gasteiger partial charge on any atom is -0.454 e. The van der Waals surface area contributed by atoms with Gasteiger partial charge < -0.3 is 74.9 Å². The van der Waals surface area contributed by atoms with Crippen molar-refractivity contribution in [2.24, 2.45) is 5.14 Å². The molecule has 102 heavy (non-hydrogen) atoms. The predicted molar refractivity (Wildman–Crippen MR) is 391 cm³/mol. The normalized spacial score (nSPS) is 15.9. The van der Waals surface area contributed by atoms with Gasteiger partial charge in [-0.25, -0.2) is 20.1 Å². The number of nitrogens with two attached hydrogens (primary N) is 4. The lowest BCUT2D eigenvalue weighted by Crippen LogP contribution is -2.38. The van der Waals surface area contributed by atoms with Crippen LogP contribution in [0.15, 0.2) is 36.4 Å². The second-order valence-electron chi connectivity index (χ2n) is 23.9. The maximum Gasteiger partial charge on any atom is 0.333 e. The third-order valence-corrected chi connectivity index (χ3v) is 20.5. The van der Waals surface area contributed by atoms with Crippen LogP contribution in [0.3, 0.4) is 0 Å². The third kappa shape index (κ3) is 18.2. The van der Waals surface area contributed by atoms with E-state index in [0.717, 1.165) is 79.3 Å². The van der Waals surface area contributed by atoms with Crippen LogP contribution in [0, 0.1) is 65.0 Å². The van der Waals surface area contributed by atoms with Crippen molar-refractivity contribution in [1.82, 2.24) is 73.7 Å². The molecular weight excluding hydrogens is 1690 g/mol. The Morgan fingerprint density at radius 3 is 1.16 bits per heavy atom. The third-order valence-electron chi connectivity index (χ3n) is 16.9. The number of anilines is 3. The first kappa shape index (κ1) is 73.6. The molecule has 0 atom stereocenters. The summed E-state index contributed by atoms with van der Waals surface area (Å²) in [5, 5.41) is 26.6. The molecule has 0 bridgehead atoms. The highest BCUT2D eigenvalue weighted by Crippen LogP contribution is 2.39. The Labute approximate surface area is 623 Å². The minimum absolute atomic E-state index is 0.00211. The lowest BCUT2D eigenvalue weighted by atomic mass is 10.1. The average molecular weight is 1760 g/mol. The Morgan fingerprint density at radius 1 is 0.500 bits per heavy atom. The summed E-state index contributed by atoms with van der Waals surface area (Å²) in [6.07, 6.45) is 7.83. The number of aliphatic hydroxyl groups is 2. The lowest BCUT2D eigenvalue weighted by molar-refractivity contribution is 0.0889. The maximum atomic E-state index is 14.0. The van der Waals surface area contributed by atoms with Gasteiger partial charge in [0.25, 0.3) is 0 Å². The van der Waals surface area contributed by atoms with E-state index in [4.69, 9.17) is 66.5 Å². The lowest BCUT2D eigenvalue weighted by Gasteiger charge is -2.29. The first-order valence-electron chi connectivity index (χ1n) is 32.0. The van der Waals surface area contributed by atoms with Crippen LogP contribution in [0.1, 0.15) is 72.7 Å². The van der Waals surface area contributed by atoms with E-state index in [1.54, 1.807) is 13.7 Å². The number of nitrogens with zero attached hydrogens (tertiary/aromatic N) is 14. The van der Waals surface area contributed by atoms with Crippen molar-refractivity contribution < 1.29 is 64.4 Å². The molecule has 15 rings (SSSR count). The van der Waals surface area contributed by atoms with Crippen LogP contribution in [0.2, 0.25) is 0 Å². The zero-order chi connectivity index (χ0) is 71.8. The number of terminal acetylenes is 1. The van der Waals surface area contributed by atoms with Gasteiger partial charge in [-0.1, -0.05) is 29.6 Å². The van der Waals surface area contributed by atoms with Crippen molar-refractivity contribution in [2.75, 3.05) is 89.9 Å². The number of ether oxygens (including phenoxy) is 6. The smallest absolute Gasteiger partial charge is 0.333 e. The van der Waals surface area contributed by atoms with Crippen LogP contribution in [0.25, 0.3) is 33.5 Å². The summed E-state index contributed by atoms with van der Waals surface area (Å²) in [4.78, 5) is 40.4. The fraction of sp³-hybridized carbons (Fsp3) is 0.400. The Kier molecular flexibility index (Phi) is 23.9. The van der Waals surface area contributed by atoms with E-state index in [1.807, 2.05) is 36.4 Å². The molecule has 9 aromatic rings. The molecule has 30 nitrogen and oxygen atoms in total. The molecular formula is C65H67F3I3N19O11S. The van der Waals surface area contributed by atoms with E-state index >= 15 is 0 Å². The van der Waals surface area contributed by atoms with Gasteiger partial charge in [0.05, 0.1) is 51.0 Å². The molecule has 0 radical (unpaired) electrons. The summed E-state index contributed by atoms with van der Waals surface area (Å²) < 4.78 is 109. The molecule has 0 amide bonds. The minimum atomic E-state index is -3.96. The van der Waals surface area contributed by atoms with Gasteiger partial charge in [0.15, 0.2) is 85.4 Å². The van der Waals surface area contributed by atoms with Gasteiger partial charge in [-0.05, 0) is 172 Å². The van der Waals surface area contributed by atoms with Crippen molar-refractivity contribution in [3.8, 4) is 70.5 Å². The molecule has 3 aromatic carbocycles. The molecule has 37 heteroatoms. The summed E-state index contributed by atoms with van der Waals surface area (Å²) in [7, 11) is -3.96. The van der Waals surface area contributed by atoms with Gasteiger partial charge in [0, 0.05) is 56.2 Å². The van der Waals surface area contributed by atoms with Crippen molar-refractivity contribution in [3.63, 3.8) is 0 Å². The van der Waals surface area contributed by atoms with E-state index in [9.17, 15) is 26.7 Å². The molecule has 0 saturated carbocycles. The highest BCUT2D eigenvalue weighted by atomic mass is 127. The zero-order valence-electron chi connectivity index (χ0n) is 54.4. The molecule has 0 unspecified atom stereocenters. The van der Waals surface area contributed by atoms with E-state index < -0.39 is 34.6 Å². The molecule has 0 aliphatic carbocycles. The van der Waals surface area contributed by atoms with E-state index in [-0.39, 0.29) is 74.4 Å². The van der Waals surface area contributed by atoms with Crippen molar-refractivity contribution in [3.05, 3.63) is 99.5 Å². The first-order chi connectivity index (χ1) is 49.1. The second-order valence-corrected chi connectivity index (χ2v) is 28.5. The van der Waals surface area contributed by atoms with Crippen molar-refractivity contribution in [2.45, 2.75) is 95.7 Å². The Balaban J connectivity index is 0.000000139. The number of aromatic nitrogens is 12. The van der Waals surface area contributed by atoms with E-state index in [2.05, 4.69) is 157 Å². The summed E-state index contributed by atoms with van der Waals surface area (Å²) >= 11 is 6.69. The van der Waals surface area contributed by atoms with Gasteiger partial charge in [-0.3, -0.25) is 14.0 Å². The number of aliphatic hydroxyl groups excluding tert-OH is 2. The number of piperidine rings is 3. The number of halogens is 6. The first-order valence-corrected chi connectivity index (χ1v) is 36.7. The molecule has 6 aliphatic rings. The molecule has 11 N–H and O–H groups in total. The van der Waals surface area contributed by atoms with Crippen LogP contribution in [-0.4, -0.2) is 178 Å². The number of nitrogen functional groups attached to an aromatic ring is 3. The number of fused-ring (bicyclic) bond motifs is 6. The Morgan fingerprint density at radius 2 is 0.824 bits per heavy atom. The average Bonchev–Trinajstić information content (AvgIpc) is 1.64. The van der Waals surface area contributed by atoms with Gasteiger partial charge in [-0.15, -0.1) is 6.42 Å². The van der Waals surface area contributed by atoms with Crippen LogP contribution < -0.4 is 56.1 Å². The SMILES string of the molecule is C#CCn1c(Cc2cc3c(cc2I)OCO3)nc2c(N)nc(F)nc21.Nc1nc(F)nc2c1nc(Cc1cc3c(cc1I)OCO3)n2CC#CCN1CCC(O)CC1.Nc1nc(F)nc2c1nc(Cc1cc3c(cc1I)OCO3)n2CC#CCN1CCC(OS(N)(=O)=O)CC1.OC1CCNCC1. The van der Waals surface area contributed by atoms with E-state index in [1.165, 1.54) is 0 Å². The molecule has 3 fully saturated rings.